The zero-order valence-electron chi connectivity index (χ0n) is 12.7. The van der Waals surface area contributed by atoms with Crippen LogP contribution >= 0.6 is 0 Å². The summed E-state index contributed by atoms with van der Waals surface area (Å²) < 4.78 is 0. The van der Waals surface area contributed by atoms with Crippen molar-refractivity contribution in [1.82, 2.24) is 14.7 Å². The van der Waals surface area contributed by atoms with E-state index < -0.39 is 5.97 Å². The largest absolute Gasteiger partial charge is 0.480 e. The number of rotatable bonds is 6. The number of urea groups is 1. The molecular weight excluding hydrogens is 258 g/mol. The van der Waals surface area contributed by atoms with Gasteiger partial charge in [0.2, 0.25) is 0 Å². The Morgan fingerprint density at radius 2 is 1.70 bits per heavy atom. The molecule has 0 radical (unpaired) electrons. The van der Waals surface area contributed by atoms with Crippen LogP contribution in [0.15, 0.2) is 0 Å². The summed E-state index contributed by atoms with van der Waals surface area (Å²) in [6.07, 6.45) is 2.76. The van der Waals surface area contributed by atoms with Gasteiger partial charge in [0.25, 0.3) is 0 Å². The molecule has 0 spiro atoms. The smallest absolute Gasteiger partial charge is 0.320 e. The first-order chi connectivity index (χ1) is 9.58. The maximum absolute atomic E-state index is 12.5. The maximum atomic E-state index is 12.5. The highest BCUT2D eigenvalue weighted by Crippen LogP contribution is 2.08. The number of hydrogen-bond donors (Lipinski definition) is 1. The average Bonchev–Trinajstić information content (AvgIpc) is 2.62. The molecule has 1 N–H and O–H groups in total. The second-order valence-corrected chi connectivity index (χ2v) is 5.28. The van der Waals surface area contributed by atoms with E-state index in [-0.39, 0.29) is 12.6 Å². The lowest BCUT2D eigenvalue weighted by molar-refractivity contribution is -0.138. The number of carbonyl (C=O) groups excluding carboxylic acids is 1. The van der Waals surface area contributed by atoms with E-state index in [1.165, 1.54) is 0 Å². The van der Waals surface area contributed by atoms with Gasteiger partial charge >= 0.3 is 12.0 Å². The van der Waals surface area contributed by atoms with Gasteiger partial charge in [-0.3, -0.25) is 9.69 Å². The predicted molar refractivity (Wildman–Crippen MR) is 77.8 cm³/mol. The molecule has 6 heteroatoms. The Morgan fingerprint density at radius 3 is 2.25 bits per heavy atom. The van der Waals surface area contributed by atoms with Crippen molar-refractivity contribution in [2.24, 2.45) is 0 Å². The minimum atomic E-state index is -0.802. The zero-order valence-corrected chi connectivity index (χ0v) is 12.7. The first kappa shape index (κ1) is 16.8. The molecular formula is C14H27N3O3. The molecule has 0 saturated carbocycles. The fraction of sp³-hybridized carbons (Fsp3) is 0.857. The van der Waals surface area contributed by atoms with E-state index >= 15 is 0 Å². The summed E-state index contributed by atoms with van der Waals surface area (Å²) >= 11 is 0. The second kappa shape index (κ2) is 8.79. The maximum Gasteiger partial charge on any atom is 0.320 e. The van der Waals surface area contributed by atoms with Crippen molar-refractivity contribution in [3.05, 3.63) is 0 Å². The number of carbonyl (C=O) groups is 2. The lowest BCUT2D eigenvalue weighted by Crippen LogP contribution is -2.45. The van der Waals surface area contributed by atoms with Crippen LogP contribution in [0.25, 0.3) is 0 Å². The van der Waals surface area contributed by atoms with E-state index in [0.717, 1.165) is 45.4 Å². The molecule has 1 rings (SSSR count). The Bertz CT molecular complexity index is 317. The van der Waals surface area contributed by atoms with Gasteiger partial charge in [-0.2, -0.15) is 0 Å². The Balaban J connectivity index is 2.53. The number of hydrogen-bond acceptors (Lipinski definition) is 3. The molecule has 1 saturated heterocycles. The van der Waals surface area contributed by atoms with Gasteiger partial charge in [0.1, 0.15) is 0 Å². The van der Waals surface area contributed by atoms with E-state index in [2.05, 4.69) is 13.8 Å². The molecule has 1 fully saturated rings. The van der Waals surface area contributed by atoms with E-state index in [1.54, 1.807) is 0 Å². The van der Waals surface area contributed by atoms with Crippen LogP contribution in [0.5, 0.6) is 0 Å². The van der Waals surface area contributed by atoms with Gasteiger partial charge in [-0.05, 0) is 19.3 Å². The third-order valence-electron chi connectivity index (χ3n) is 3.48. The highest BCUT2D eigenvalue weighted by molar-refractivity contribution is 5.74. The van der Waals surface area contributed by atoms with Crippen molar-refractivity contribution in [1.29, 1.82) is 0 Å². The molecule has 0 atom stereocenters. The summed E-state index contributed by atoms with van der Waals surface area (Å²) in [6.45, 7) is 8.54. The van der Waals surface area contributed by atoms with Crippen molar-refractivity contribution in [3.8, 4) is 0 Å². The highest BCUT2D eigenvalue weighted by atomic mass is 16.4. The van der Waals surface area contributed by atoms with Gasteiger partial charge in [-0.15, -0.1) is 0 Å². The number of carboxylic acids is 1. The lowest BCUT2D eigenvalue weighted by atomic mass is 10.3. The minimum absolute atomic E-state index is 0.0651. The first-order valence-corrected chi connectivity index (χ1v) is 7.56. The van der Waals surface area contributed by atoms with Crippen LogP contribution in [0.3, 0.4) is 0 Å². The molecule has 2 amide bonds. The highest BCUT2D eigenvalue weighted by Gasteiger charge is 2.23. The van der Waals surface area contributed by atoms with Gasteiger partial charge in [0.05, 0.1) is 6.54 Å². The summed E-state index contributed by atoms with van der Waals surface area (Å²) in [6, 6.07) is 0.103. The van der Waals surface area contributed by atoms with Crippen molar-refractivity contribution in [2.75, 3.05) is 45.8 Å². The lowest BCUT2D eigenvalue weighted by Gasteiger charge is -2.29. The topological polar surface area (TPSA) is 64.1 Å². The summed E-state index contributed by atoms with van der Waals surface area (Å²) in [4.78, 5) is 28.9. The molecule has 0 aromatic heterocycles. The molecule has 0 bridgehead atoms. The van der Waals surface area contributed by atoms with Gasteiger partial charge in [0.15, 0.2) is 0 Å². The minimum Gasteiger partial charge on any atom is -0.480 e. The second-order valence-electron chi connectivity index (χ2n) is 5.28. The Morgan fingerprint density at radius 1 is 1.05 bits per heavy atom. The summed E-state index contributed by atoms with van der Waals surface area (Å²) in [5.74, 6) is -0.802. The fourth-order valence-electron chi connectivity index (χ4n) is 2.55. The van der Waals surface area contributed by atoms with Crippen molar-refractivity contribution >= 4 is 12.0 Å². The molecule has 0 aromatic carbocycles. The Labute approximate surface area is 121 Å². The summed E-state index contributed by atoms with van der Waals surface area (Å²) in [5, 5.41) is 8.83. The Kier molecular flexibility index (Phi) is 7.36. The van der Waals surface area contributed by atoms with Gasteiger partial charge < -0.3 is 14.9 Å². The monoisotopic (exact) mass is 285 g/mol. The summed E-state index contributed by atoms with van der Waals surface area (Å²) in [7, 11) is 0. The molecule has 1 aliphatic rings. The van der Waals surface area contributed by atoms with Gasteiger partial charge in [-0.25, -0.2) is 4.79 Å². The fourth-order valence-corrected chi connectivity index (χ4v) is 2.55. The third kappa shape index (κ3) is 5.36. The van der Waals surface area contributed by atoms with Crippen molar-refractivity contribution in [3.63, 3.8) is 0 Å². The number of amides is 2. The van der Waals surface area contributed by atoms with Crippen LogP contribution in [0.4, 0.5) is 4.79 Å². The predicted octanol–water partition coefficient (Wildman–Crippen LogP) is 1.32. The molecule has 1 heterocycles. The van der Waals surface area contributed by atoms with E-state index in [1.807, 2.05) is 14.7 Å². The number of aliphatic carboxylic acids is 1. The van der Waals surface area contributed by atoms with Crippen LogP contribution in [0.1, 0.15) is 33.1 Å². The molecule has 116 valence electrons. The number of carboxylic acid groups (broad SMARTS) is 1. The SMILES string of the molecule is CCCN(CCC)C(=O)N1CCCN(CC(=O)O)CC1. The van der Waals surface area contributed by atoms with Crippen LogP contribution in [-0.4, -0.2) is 77.6 Å². The normalized spacial score (nSPS) is 16.8. The molecule has 1 aliphatic heterocycles. The number of nitrogens with zero attached hydrogens (tertiary/aromatic N) is 3. The average molecular weight is 285 g/mol. The van der Waals surface area contributed by atoms with Crippen LogP contribution in [0.2, 0.25) is 0 Å². The van der Waals surface area contributed by atoms with Gasteiger partial charge in [0, 0.05) is 39.3 Å². The van der Waals surface area contributed by atoms with Crippen molar-refractivity contribution in [2.45, 2.75) is 33.1 Å². The standard InChI is InChI=1S/C14H27N3O3/c1-3-6-16(7-4-2)14(20)17-9-5-8-15(10-11-17)12-13(18)19/h3-12H2,1-2H3,(H,18,19). The Hall–Kier alpha value is -1.30. The quantitative estimate of drug-likeness (QED) is 0.799. The summed E-state index contributed by atoms with van der Waals surface area (Å²) in [5.41, 5.74) is 0. The van der Waals surface area contributed by atoms with E-state index in [0.29, 0.717) is 13.1 Å². The van der Waals surface area contributed by atoms with Crippen LogP contribution in [0, 0.1) is 0 Å². The van der Waals surface area contributed by atoms with E-state index in [9.17, 15) is 9.59 Å². The van der Waals surface area contributed by atoms with Crippen LogP contribution in [-0.2, 0) is 4.79 Å². The van der Waals surface area contributed by atoms with Gasteiger partial charge in [-0.1, -0.05) is 13.8 Å². The van der Waals surface area contributed by atoms with Crippen molar-refractivity contribution < 1.29 is 14.7 Å². The third-order valence-corrected chi connectivity index (χ3v) is 3.48. The van der Waals surface area contributed by atoms with Crippen LogP contribution < -0.4 is 0 Å². The molecule has 0 aromatic rings. The molecule has 20 heavy (non-hydrogen) atoms. The molecule has 0 unspecified atom stereocenters. The first-order valence-electron chi connectivity index (χ1n) is 7.56. The molecule has 0 aliphatic carbocycles. The van der Waals surface area contributed by atoms with E-state index in [4.69, 9.17) is 5.11 Å². The zero-order chi connectivity index (χ0) is 15.0. The molecule has 6 nitrogen and oxygen atoms in total.